The molecule has 4 aliphatic carbocycles. The molecule has 4 saturated heterocycles. The molecule has 19 nitrogen and oxygen atoms in total. The molecule has 19 heteroatoms. The van der Waals surface area contributed by atoms with Crippen LogP contribution in [-0.2, 0) is 37.9 Å². The second-order valence-corrected chi connectivity index (χ2v) is 21.7. The number of rotatable bonds is 13. The first-order chi connectivity index (χ1) is 30.7. The van der Waals surface area contributed by atoms with Crippen LogP contribution >= 0.6 is 0 Å². The van der Waals surface area contributed by atoms with Crippen LogP contribution in [0.5, 0.6) is 0 Å². The van der Waals surface area contributed by atoms with E-state index in [0.29, 0.717) is 31.1 Å². The number of hydrogen-bond donors (Lipinski definition) is 11. The molecule has 65 heavy (non-hydrogen) atoms. The zero-order valence-electron chi connectivity index (χ0n) is 38.7. The molecule has 8 fully saturated rings. The number of ether oxygens (including phenoxy) is 8. The van der Waals surface area contributed by atoms with Gasteiger partial charge in [0.15, 0.2) is 24.7 Å². The Balaban J connectivity index is 0.977. The van der Waals surface area contributed by atoms with Crippen molar-refractivity contribution in [2.75, 3.05) is 26.9 Å². The fourth-order valence-electron chi connectivity index (χ4n) is 14.4. The van der Waals surface area contributed by atoms with E-state index >= 15 is 0 Å². The third-order valence-corrected chi connectivity index (χ3v) is 18.5. The summed E-state index contributed by atoms with van der Waals surface area (Å²) in [5.74, 6) is 0.250. The number of hydrogen-bond acceptors (Lipinski definition) is 19. The van der Waals surface area contributed by atoms with E-state index in [2.05, 4.69) is 20.8 Å². The molecular formula is C46H78O19. The Hall–Kier alpha value is -0.760. The minimum Gasteiger partial charge on any atom is -0.396 e. The van der Waals surface area contributed by atoms with E-state index in [9.17, 15) is 56.2 Å². The average molecular weight is 935 g/mol. The fraction of sp³-hybridized carbons (Fsp3) is 1.00. The summed E-state index contributed by atoms with van der Waals surface area (Å²) in [5.41, 5.74) is -1.46. The van der Waals surface area contributed by atoms with Crippen LogP contribution in [0.1, 0.15) is 98.8 Å². The van der Waals surface area contributed by atoms with Crippen molar-refractivity contribution in [2.24, 2.45) is 46.3 Å². The molecule has 8 aliphatic rings. The summed E-state index contributed by atoms with van der Waals surface area (Å²) in [6.45, 7) is 8.87. The van der Waals surface area contributed by atoms with Gasteiger partial charge in [-0.25, -0.2) is 0 Å². The van der Waals surface area contributed by atoms with E-state index < -0.39 is 117 Å². The molecule has 0 aromatic heterocycles. The predicted molar refractivity (Wildman–Crippen MR) is 224 cm³/mol. The summed E-state index contributed by atoms with van der Waals surface area (Å²) in [6.07, 6.45) is -16.0. The summed E-state index contributed by atoms with van der Waals surface area (Å²) in [7, 11) is 1.66. The molecule has 4 aliphatic heterocycles. The van der Waals surface area contributed by atoms with Crippen molar-refractivity contribution in [1.29, 1.82) is 0 Å². The first-order valence-electron chi connectivity index (χ1n) is 24.2. The zero-order chi connectivity index (χ0) is 47.1. The normalized spacial score (nSPS) is 56.1. The van der Waals surface area contributed by atoms with E-state index in [1.165, 1.54) is 6.92 Å². The molecule has 1 unspecified atom stereocenters. The maximum Gasteiger partial charge on any atom is 0.187 e. The molecule has 0 spiro atoms. The monoisotopic (exact) mass is 935 g/mol. The maximum atomic E-state index is 12.9. The molecule has 376 valence electrons. The van der Waals surface area contributed by atoms with Crippen LogP contribution in [0.3, 0.4) is 0 Å². The lowest BCUT2D eigenvalue weighted by Crippen LogP contribution is -2.67. The van der Waals surface area contributed by atoms with Gasteiger partial charge >= 0.3 is 0 Å². The number of methoxy groups -OCH3 is 1. The summed E-state index contributed by atoms with van der Waals surface area (Å²) in [4.78, 5) is 0. The predicted octanol–water partition coefficient (Wildman–Crippen LogP) is -0.983. The SMILES string of the molecule is CO[C@]1(CC[C@@H](C)CO)O[C@H]2C[C@H]3[C@@H]4CCC5C[C@@H](O[C@H]6O[C@H](CO)[C@@H](O[C@@H]7O[C@H](CO)[C@@H](O)[C@H](O)[C@H]7O)[C@H](O)[C@H]6O[C@@H]6O[C@@H](C)[C@H](O)[C@@H](O)[C@H]6O)CC[C@]5(C)[C@H]4CC[C@]3(C)[C@@]2(O)[C@@H]1C. The van der Waals surface area contributed by atoms with Crippen LogP contribution in [0.25, 0.3) is 0 Å². The van der Waals surface area contributed by atoms with E-state index in [-0.39, 0.29) is 53.3 Å². The summed E-state index contributed by atoms with van der Waals surface area (Å²) >= 11 is 0. The molecule has 4 heterocycles. The Morgan fingerprint density at radius 1 is 0.662 bits per heavy atom. The van der Waals surface area contributed by atoms with E-state index in [1.807, 2.05) is 6.92 Å². The first kappa shape index (κ1) is 50.6. The highest BCUT2D eigenvalue weighted by atomic mass is 16.8. The molecule has 4 saturated carbocycles. The molecule has 27 atom stereocenters. The number of fused-ring (bicyclic) bond motifs is 7. The molecule has 0 radical (unpaired) electrons. The van der Waals surface area contributed by atoms with Crippen LogP contribution in [0, 0.1) is 46.3 Å². The Morgan fingerprint density at radius 2 is 1.31 bits per heavy atom. The van der Waals surface area contributed by atoms with E-state index in [0.717, 1.165) is 44.9 Å². The standard InChI is InChI=1S/C46H78O19/c1-20(17-47)9-14-45(58-6)22(3)46(57)30(65-45)16-27-25-8-7-23-15-24(10-12-43(23,4)26(25)11-13-44(27,46)5)60-42-39(64-40-35(54)33(52)31(50)21(2)59-40)37(56)38(29(19-49)62-42)63-41-36(55)34(53)32(51)28(18-48)61-41/h20-42,47-57H,7-19H2,1-6H3/t20-,21+,22-,23?,24+,25-,26+,27+,28-,29-,30+,31+,32-,33-,34+,35-,36-,37+,38-,39-,40+,41+,42+,43+,44+,45-,46-/m1/s1. The number of aliphatic hydroxyl groups is 11. The Bertz CT molecular complexity index is 1610. The quantitative estimate of drug-likeness (QED) is 0.0990. The highest BCUT2D eigenvalue weighted by Crippen LogP contribution is 2.72. The van der Waals surface area contributed by atoms with Crippen molar-refractivity contribution in [3.05, 3.63) is 0 Å². The first-order valence-corrected chi connectivity index (χ1v) is 24.2. The van der Waals surface area contributed by atoms with Crippen LogP contribution < -0.4 is 0 Å². The lowest BCUT2D eigenvalue weighted by molar-refractivity contribution is -0.390. The molecule has 0 aromatic rings. The minimum atomic E-state index is -1.83. The highest BCUT2D eigenvalue weighted by molar-refractivity contribution is 5.23. The van der Waals surface area contributed by atoms with Crippen LogP contribution in [0.4, 0.5) is 0 Å². The third-order valence-electron chi connectivity index (χ3n) is 18.5. The lowest BCUT2D eigenvalue weighted by Gasteiger charge is -2.62. The molecule has 0 aromatic carbocycles. The Morgan fingerprint density at radius 3 is 1.97 bits per heavy atom. The van der Waals surface area contributed by atoms with Crippen molar-refractivity contribution in [2.45, 2.75) is 215 Å². The van der Waals surface area contributed by atoms with Gasteiger partial charge < -0.3 is 94.1 Å². The molecular weight excluding hydrogens is 856 g/mol. The zero-order valence-corrected chi connectivity index (χ0v) is 38.7. The largest absolute Gasteiger partial charge is 0.396 e. The van der Waals surface area contributed by atoms with Gasteiger partial charge in [0.25, 0.3) is 0 Å². The van der Waals surface area contributed by atoms with Gasteiger partial charge in [0, 0.05) is 31.5 Å². The van der Waals surface area contributed by atoms with Gasteiger partial charge in [0.1, 0.15) is 72.7 Å². The van der Waals surface area contributed by atoms with Crippen molar-refractivity contribution in [1.82, 2.24) is 0 Å². The topological polar surface area (TPSA) is 296 Å². The molecule has 11 N–H and O–H groups in total. The van der Waals surface area contributed by atoms with Gasteiger partial charge in [-0.2, -0.15) is 0 Å². The van der Waals surface area contributed by atoms with E-state index in [4.69, 9.17) is 37.9 Å². The van der Waals surface area contributed by atoms with Gasteiger partial charge in [-0.15, -0.1) is 0 Å². The Labute approximate surface area is 381 Å². The maximum absolute atomic E-state index is 12.9. The van der Waals surface area contributed by atoms with Gasteiger partial charge in [0.2, 0.25) is 0 Å². The molecule has 8 rings (SSSR count). The third kappa shape index (κ3) is 8.28. The smallest absolute Gasteiger partial charge is 0.187 e. The Kier molecular flexibility index (Phi) is 14.9. The second-order valence-electron chi connectivity index (χ2n) is 21.7. The molecule has 0 amide bonds. The summed E-state index contributed by atoms with van der Waals surface area (Å²) in [5, 5.41) is 118. The fourth-order valence-corrected chi connectivity index (χ4v) is 14.4. The van der Waals surface area contributed by atoms with Gasteiger partial charge in [-0.3, -0.25) is 0 Å². The van der Waals surface area contributed by atoms with Crippen molar-refractivity contribution in [3.63, 3.8) is 0 Å². The van der Waals surface area contributed by atoms with Gasteiger partial charge in [-0.1, -0.05) is 27.7 Å². The van der Waals surface area contributed by atoms with Crippen LogP contribution in [0.2, 0.25) is 0 Å². The highest BCUT2D eigenvalue weighted by Gasteiger charge is 2.76. The van der Waals surface area contributed by atoms with Crippen LogP contribution in [0.15, 0.2) is 0 Å². The summed E-state index contributed by atoms with van der Waals surface area (Å²) < 4.78 is 49.4. The lowest BCUT2D eigenvalue weighted by atomic mass is 9.44. The van der Waals surface area contributed by atoms with Crippen LogP contribution in [-0.4, -0.2) is 199 Å². The van der Waals surface area contributed by atoms with Crippen molar-refractivity contribution < 1.29 is 94.1 Å². The average Bonchev–Trinajstić information content (AvgIpc) is 3.66. The van der Waals surface area contributed by atoms with Crippen molar-refractivity contribution >= 4 is 0 Å². The van der Waals surface area contributed by atoms with Crippen molar-refractivity contribution in [3.8, 4) is 0 Å². The second kappa shape index (κ2) is 19.1. The van der Waals surface area contributed by atoms with E-state index in [1.54, 1.807) is 7.11 Å². The molecule has 0 bridgehead atoms. The number of aliphatic hydroxyl groups excluding tert-OH is 10. The minimum absolute atomic E-state index is 0.0262. The van der Waals surface area contributed by atoms with Gasteiger partial charge in [-0.05, 0) is 99.7 Å². The summed E-state index contributed by atoms with van der Waals surface area (Å²) in [6, 6.07) is 0. The van der Waals surface area contributed by atoms with Gasteiger partial charge in [0.05, 0.1) is 31.5 Å².